The summed E-state index contributed by atoms with van der Waals surface area (Å²) >= 11 is 6.35. The van der Waals surface area contributed by atoms with E-state index in [4.69, 9.17) is 21.4 Å². The van der Waals surface area contributed by atoms with Crippen LogP contribution in [0.15, 0.2) is 58.0 Å². The predicted octanol–water partition coefficient (Wildman–Crippen LogP) is 4.45. The van der Waals surface area contributed by atoms with Gasteiger partial charge in [0.1, 0.15) is 0 Å². The Morgan fingerprint density at radius 3 is 2.52 bits per heavy atom. The van der Waals surface area contributed by atoms with Crippen LogP contribution in [0, 0.1) is 5.92 Å². The number of esters is 1. The Morgan fingerprint density at radius 1 is 1.27 bits per heavy atom. The SMILES string of the molecule is CCC(C)C=C(C)C=CC1=CC2=C(Cl)C(=O)C(C)(OC(C)=O)C(=O)C2=CN1CCCC(=O)O. The molecule has 2 atom stereocenters. The number of allylic oxidation sites excluding steroid dienone is 6. The Labute approximate surface area is 199 Å². The largest absolute Gasteiger partial charge is 0.481 e. The van der Waals surface area contributed by atoms with Crippen molar-refractivity contribution in [3.05, 3.63) is 58.0 Å². The minimum atomic E-state index is -2.04. The van der Waals surface area contributed by atoms with Crippen molar-refractivity contribution in [2.45, 2.75) is 59.5 Å². The Hall–Kier alpha value is -2.93. The van der Waals surface area contributed by atoms with Crippen molar-refractivity contribution in [2.24, 2.45) is 5.92 Å². The maximum absolute atomic E-state index is 13.2. The van der Waals surface area contributed by atoms with Gasteiger partial charge in [0, 0.05) is 42.9 Å². The van der Waals surface area contributed by atoms with Crippen LogP contribution in [0.2, 0.25) is 0 Å². The van der Waals surface area contributed by atoms with Gasteiger partial charge in [0.05, 0.1) is 5.03 Å². The molecule has 2 rings (SSSR count). The number of halogens is 1. The Morgan fingerprint density at radius 2 is 1.94 bits per heavy atom. The van der Waals surface area contributed by atoms with E-state index in [0.29, 0.717) is 24.6 Å². The molecule has 7 nitrogen and oxygen atoms in total. The fraction of sp³-hybridized carbons (Fsp3) is 0.440. The molecule has 1 N–H and O–H groups in total. The summed E-state index contributed by atoms with van der Waals surface area (Å²) in [5.41, 5.74) is 0.0632. The van der Waals surface area contributed by atoms with Crippen molar-refractivity contribution >= 4 is 35.1 Å². The van der Waals surface area contributed by atoms with E-state index in [2.05, 4.69) is 19.9 Å². The lowest BCUT2D eigenvalue weighted by Crippen LogP contribution is -2.52. The average Bonchev–Trinajstić information content (AvgIpc) is 2.74. The quantitative estimate of drug-likeness (QED) is 0.298. The molecule has 0 bridgehead atoms. The minimum absolute atomic E-state index is 0.0370. The molecule has 2 aliphatic rings. The zero-order chi connectivity index (χ0) is 24.9. The van der Waals surface area contributed by atoms with Gasteiger partial charge in [0.25, 0.3) is 0 Å². The molecule has 178 valence electrons. The maximum Gasteiger partial charge on any atom is 0.304 e. The summed E-state index contributed by atoms with van der Waals surface area (Å²) in [6.07, 6.45) is 10.4. The molecule has 1 aliphatic carbocycles. The highest BCUT2D eigenvalue weighted by Crippen LogP contribution is 2.39. The van der Waals surface area contributed by atoms with Crippen molar-refractivity contribution < 1.29 is 29.0 Å². The van der Waals surface area contributed by atoms with E-state index in [1.54, 1.807) is 17.2 Å². The van der Waals surface area contributed by atoms with E-state index in [-0.39, 0.29) is 22.6 Å². The number of rotatable bonds is 9. The molecule has 0 aromatic heterocycles. The first-order valence-corrected chi connectivity index (χ1v) is 11.3. The molecular weight excluding hydrogens is 446 g/mol. The molecule has 33 heavy (non-hydrogen) atoms. The van der Waals surface area contributed by atoms with Crippen LogP contribution in [-0.2, 0) is 23.9 Å². The van der Waals surface area contributed by atoms with Gasteiger partial charge in [-0.15, -0.1) is 0 Å². The molecule has 1 heterocycles. The smallest absolute Gasteiger partial charge is 0.304 e. The third-order valence-electron chi connectivity index (χ3n) is 5.59. The molecule has 0 saturated carbocycles. The summed E-state index contributed by atoms with van der Waals surface area (Å²) < 4.78 is 5.09. The number of carbonyl (C=O) groups excluding carboxylic acids is 3. The average molecular weight is 476 g/mol. The summed E-state index contributed by atoms with van der Waals surface area (Å²) in [5.74, 6) is -2.72. The summed E-state index contributed by atoms with van der Waals surface area (Å²) in [7, 11) is 0. The number of hydrogen-bond donors (Lipinski definition) is 1. The predicted molar refractivity (Wildman–Crippen MR) is 125 cm³/mol. The number of nitrogens with zero attached hydrogens (tertiary/aromatic N) is 1. The van der Waals surface area contributed by atoms with Gasteiger partial charge in [0.2, 0.25) is 17.2 Å². The van der Waals surface area contributed by atoms with Gasteiger partial charge in [-0.05, 0) is 38.3 Å². The highest BCUT2D eigenvalue weighted by atomic mass is 35.5. The second-order valence-corrected chi connectivity index (χ2v) is 8.82. The van der Waals surface area contributed by atoms with Crippen LogP contribution in [-0.4, -0.2) is 45.7 Å². The fourth-order valence-electron chi connectivity index (χ4n) is 3.62. The van der Waals surface area contributed by atoms with E-state index in [9.17, 15) is 19.2 Å². The summed E-state index contributed by atoms with van der Waals surface area (Å²) in [4.78, 5) is 50.3. The van der Waals surface area contributed by atoms with Gasteiger partial charge < -0.3 is 14.7 Å². The molecule has 2 unspecified atom stereocenters. The van der Waals surface area contributed by atoms with Crippen LogP contribution in [0.4, 0.5) is 0 Å². The van der Waals surface area contributed by atoms with Gasteiger partial charge in [-0.1, -0.05) is 49.6 Å². The van der Waals surface area contributed by atoms with Crippen LogP contribution < -0.4 is 0 Å². The molecule has 1 aliphatic heterocycles. The topological polar surface area (TPSA) is 101 Å². The number of aliphatic carboxylic acids is 1. The molecule has 0 saturated heterocycles. The molecule has 0 radical (unpaired) electrons. The number of carbonyl (C=O) groups is 4. The molecule has 8 heteroatoms. The lowest BCUT2D eigenvalue weighted by Gasteiger charge is -2.35. The first-order valence-electron chi connectivity index (χ1n) is 10.9. The third-order valence-corrected chi connectivity index (χ3v) is 5.97. The monoisotopic (exact) mass is 475 g/mol. The number of ether oxygens (including phenoxy) is 1. The van der Waals surface area contributed by atoms with Gasteiger partial charge in [-0.3, -0.25) is 19.2 Å². The van der Waals surface area contributed by atoms with Gasteiger partial charge in [-0.25, -0.2) is 0 Å². The molecular formula is C25H30ClNO6. The second-order valence-electron chi connectivity index (χ2n) is 8.45. The zero-order valence-electron chi connectivity index (χ0n) is 19.6. The molecule has 0 spiro atoms. The number of carboxylic acid groups (broad SMARTS) is 1. The lowest BCUT2D eigenvalue weighted by atomic mass is 9.79. The van der Waals surface area contributed by atoms with Gasteiger partial charge >= 0.3 is 11.9 Å². The van der Waals surface area contributed by atoms with Gasteiger partial charge in [-0.2, -0.15) is 0 Å². The fourth-order valence-corrected chi connectivity index (χ4v) is 3.96. The number of carboxylic acids is 1. The maximum atomic E-state index is 13.2. The third kappa shape index (κ3) is 6.11. The first-order chi connectivity index (χ1) is 15.4. The minimum Gasteiger partial charge on any atom is -0.481 e. The molecule has 0 amide bonds. The second kappa shape index (κ2) is 10.8. The van der Waals surface area contributed by atoms with Crippen LogP contribution in [0.5, 0.6) is 0 Å². The van der Waals surface area contributed by atoms with E-state index in [0.717, 1.165) is 18.9 Å². The van der Waals surface area contributed by atoms with Crippen molar-refractivity contribution in [1.29, 1.82) is 0 Å². The summed E-state index contributed by atoms with van der Waals surface area (Å²) in [5, 5.41) is 8.82. The van der Waals surface area contributed by atoms with Crippen LogP contribution >= 0.6 is 11.6 Å². The number of ketones is 2. The number of Topliss-reactive ketones (excluding diaryl/α,β-unsaturated/α-hetero) is 2. The Balaban J connectivity index is 2.52. The van der Waals surface area contributed by atoms with Crippen LogP contribution in [0.3, 0.4) is 0 Å². The van der Waals surface area contributed by atoms with Crippen molar-refractivity contribution in [3.8, 4) is 0 Å². The van der Waals surface area contributed by atoms with Crippen molar-refractivity contribution in [2.75, 3.05) is 6.54 Å². The number of hydrogen-bond acceptors (Lipinski definition) is 6. The highest BCUT2D eigenvalue weighted by molar-refractivity contribution is 6.49. The summed E-state index contributed by atoms with van der Waals surface area (Å²) in [6, 6.07) is 0. The standard InChI is InChI=1S/C25H30ClNO6/c1-6-15(2)12-16(3)9-10-18-13-19-20(14-27(18)11-7-8-21(29)30)23(31)25(5,33-17(4)28)24(32)22(19)26/h9-10,12-15H,6-8,11H2,1-5H3,(H,29,30). The normalized spacial score (nSPS) is 22.2. The van der Waals surface area contributed by atoms with E-state index < -0.39 is 29.1 Å². The van der Waals surface area contributed by atoms with E-state index in [1.165, 1.54) is 6.92 Å². The lowest BCUT2D eigenvalue weighted by molar-refractivity contribution is -0.167. The Bertz CT molecular complexity index is 1020. The molecule has 0 aromatic rings. The van der Waals surface area contributed by atoms with Crippen molar-refractivity contribution in [1.82, 2.24) is 4.90 Å². The summed E-state index contributed by atoms with van der Waals surface area (Å²) in [6.45, 7) is 8.88. The van der Waals surface area contributed by atoms with Crippen LogP contribution in [0.25, 0.3) is 0 Å². The van der Waals surface area contributed by atoms with Crippen molar-refractivity contribution in [3.63, 3.8) is 0 Å². The van der Waals surface area contributed by atoms with E-state index >= 15 is 0 Å². The number of fused-ring (bicyclic) bond motifs is 1. The Kier molecular flexibility index (Phi) is 8.61. The van der Waals surface area contributed by atoms with Gasteiger partial charge in [0.15, 0.2) is 0 Å². The highest BCUT2D eigenvalue weighted by Gasteiger charge is 2.52. The zero-order valence-corrected chi connectivity index (χ0v) is 20.4. The first kappa shape index (κ1) is 26.3. The van der Waals surface area contributed by atoms with E-state index in [1.807, 2.05) is 19.1 Å². The van der Waals surface area contributed by atoms with Crippen LogP contribution in [0.1, 0.15) is 53.9 Å². The molecule has 0 fully saturated rings. The molecule has 0 aromatic carbocycles.